The zero-order chi connectivity index (χ0) is 16.5. The molecule has 7 heteroatoms. The standard InChI is InChI=1S/C17H23N5O2/c1-20-12-18-19-16(20)15-11-21(9-10-24-15)17(23)14-7-4-8-22(14)13-5-2-3-6-13/h4,7-8,12-13,15H,2-3,5-6,9-11H2,1H3/t15-/m1/s1. The smallest absolute Gasteiger partial charge is 0.270 e. The predicted octanol–water partition coefficient (Wildman–Crippen LogP) is 1.95. The number of amides is 1. The monoisotopic (exact) mass is 329 g/mol. The Balaban J connectivity index is 1.52. The van der Waals surface area contributed by atoms with Crippen LogP contribution in [0.2, 0.25) is 0 Å². The van der Waals surface area contributed by atoms with E-state index in [4.69, 9.17) is 4.74 Å². The van der Waals surface area contributed by atoms with Gasteiger partial charge in [-0.2, -0.15) is 0 Å². The maximum atomic E-state index is 13.0. The summed E-state index contributed by atoms with van der Waals surface area (Å²) in [5.41, 5.74) is 0.792. The molecule has 0 bridgehead atoms. The molecule has 0 radical (unpaired) electrons. The van der Waals surface area contributed by atoms with Gasteiger partial charge >= 0.3 is 0 Å². The average Bonchev–Trinajstić information content (AvgIpc) is 3.34. The van der Waals surface area contributed by atoms with Crippen LogP contribution in [0.25, 0.3) is 0 Å². The normalized spacial score (nSPS) is 22.2. The molecular formula is C17H23N5O2. The van der Waals surface area contributed by atoms with Crippen molar-refractivity contribution in [3.05, 3.63) is 36.2 Å². The van der Waals surface area contributed by atoms with E-state index < -0.39 is 0 Å². The molecule has 128 valence electrons. The van der Waals surface area contributed by atoms with Crippen molar-refractivity contribution in [3.63, 3.8) is 0 Å². The molecule has 0 unspecified atom stereocenters. The topological polar surface area (TPSA) is 65.2 Å². The molecule has 1 saturated carbocycles. The lowest BCUT2D eigenvalue weighted by Crippen LogP contribution is -2.43. The number of carbonyl (C=O) groups excluding carboxylic acids is 1. The van der Waals surface area contributed by atoms with Crippen LogP contribution in [0, 0.1) is 0 Å². The number of morpholine rings is 1. The van der Waals surface area contributed by atoms with E-state index in [-0.39, 0.29) is 12.0 Å². The first kappa shape index (κ1) is 15.4. The number of ether oxygens (including phenoxy) is 1. The molecule has 1 saturated heterocycles. The molecule has 1 aliphatic heterocycles. The van der Waals surface area contributed by atoms with E-state index in [0.717, 1.165) is 11.5 Å². The molecule has 2 aromatic heterocycles. The first-order valence-electron chi connectivity index (χ1n) is 8.65. The SMILES string of the molecule is Cn1cnnc1[C@H]1CN(C(=O)c2cccn2C2CCCC2)CCO1. The second-order valence-electron chi connectivity index (χ2n) is 6.65. The number of nitrogens with zero attached hydrogens (tertiary/aromatic N) is 5. The highest BCUT2D eigenvalue weighted by Crippen LogP contribution is 2.31. The first-order valence-corrected chi connectivity index (χ1v) is 8.65. The lowest BCUT2D eigenvalue weighted by atomic mass is 10.2. The van der Waals surface area contributed by atoms with Crippen molar-refractivity contribution in [1.82, 2.24) is 24.2 Å². The number of rotatable bonds is 3. The fourth-order valence-corrected chi connectivity index (χ4v) is 3.81. The van der Waals surface area contributed by atoms with Crippen molar-refractivity contribution in [2.45, 2.75) is 37.8 Å². The minimum absolute atomic E-state index is 0.0855. The van der Waals surface area contributed by atoms with Gasteiger partial charge in [0.2, 0.25) is 0 Å². The molecule has 3 heterocycles. The van der Waals surface area contributed by atoms with E-state index in [0.29, 0.717) is 25.7 Å². The quantitative estimate of drug-likeness (QED) is 0.863. The van der Waals surface area contributed by atoms with Gasteiger partial charge in [-0.05, 0) is 25.0 Å². The maximum absolute atomic E-state index is 13.0. The highest BCUT2D eigenvalue weighted by molar-refractivity contribution is 5.93. The van der Waals surface area contributed by atoms with Crippen molar-refractivity contribution in [1.29, 1.82) is 0 Å². The van der Waals surface area contributed by atoms with Crippen LogP contribution in [0.5, 0.6) is 0 Å². The van der Waals surface area contributed by atoms with Crippen molar-refractivity contribution in [2.75, 3.05) is 19.7 Å². The summed E-state index contributed by atoms with van der Waals surface area (Å²) in [6.45, 7) is 1.65. The lowest BCUT2D eigenvalue weighted by molar-refractivity contribution is -0.0284. The molecule has 0 N–H and O–H groups in total. The summed E-state index contributed by atoms with van der Waals surface area (Å²) in [4.78, 5) is 14.9. The van der Waals surface area contributed by atoms with Gasteiger partial charge in [0.15, 0.2) is 5.82 Å². The summed E-state index contributed by atoms with van der Waals surface area (Å²) in [7, 11) is 1.89. The summed E-state index contributed by atoms with van der Waals surface area (Å²) in [6, 6.07) is 4.38. The summed E-state index contributed by atoms with van der Waals surface area (Å²) in [5, 5.41) is 8.03. The average molecular weight is 329 g/mol. The molecule has 7 nitrogen and oxygen atoms in total. The third-order valence-electron chi connectivity index (χ3n) is 5.10. The van der Waals surface area contributed by atoms with Crippen molar-refractivity contribution in [3.8, 4) is 0 Å². The second kappa shape index (κ2) is 6.39. The van der Waals surface area contributed by atoms with Crippen LogP contribution in [0.15, 0.2) is 24.7 Å². The predicted molar refractivity (Wildman–Crippen MR) is 87.5 cm³/mol. The highest BCUT2D eigenvalue weighted by Gasteiger charge is 2.31. The Bertz CT molecular complexity index is 716. The summed E-state index contributed by atoms with van der Waals surface area (Å²) in [5.74, 6) is 0.848. The van der Waals surface area contributed by atoms with Crippen LogP contribution in [0.3, 0.4) is 0 Å². The Labute approximate surface area is 141 Å². The van der Waals surface area contributed by atoms with Gasteiger partial charge in [-0.25, -0.2) is 0 Å². The summed E-state index contributed by atoms with van der Waals surface area (Å²) < 4.78 is 9.82. The Morgan fingerprint density at radius 3 is 2.92 bits per heavy atom. The van der Waals surface area contributed by atoms with Gasteiger partial charge in [-0.3, -0.25) is 4.79 Å². The van der Waals surface area contributed by atoms with Gasteiger partial charge < -0.3 is 18.8 Å². The van der Waals surface area contributed by atoms with Crippen molar-refractivity contribution >= 4 is 5.91 Å². The summed E-state index contributed by atoms with van der Waals surface area (Å²) in [6.07, 6.45) is 8.32. The molecule has 1 amide bonds. The van der Waals surface area contributed by atoms with E-state index in [1.807, 2.05) is 34.8 Å². The molecule has 2 fully saturated rings. The number of aryl methyl sites for hydroxylation is 1. The zero-order valence-electron chi connectivity index (χ0n) is 14.0. The molecule has 0 aromatic carbocycles. The van der Waals surface area contributed by atoms with Gasteiger partial charge in [0.1, 0.15) is 18.1 Å². The largest absolute Gasteiger partial charge is 0.366 e. The van der Waals surface area contributed by atoms with Crippen LogP contribution < -0.4 is 0 Å². The van der Waals surface area contributed by atoms with Crippen LogP contribution in [-0.2, 0) is 11.8 Å². The fourth-order valence-electron chi connectivity index (χ4n) is 3.81. The number of hydrogen-bond donors (Lipinski definition) is 0. The maximum Gasteiger partial charge on any atom is 0.270 e. The minimum Gasteiger partial charge on any atom is -0.366 e. The van der Waals surface area contributed by atoms with E-state index in [9.17, 15) is 4.79 Å². The molecule has 2 aliphatic rings. The van der Waals surface area contributed by atoms with Gasteiger partial charge in [0.05, 0.1) is 13.2 Å². The van der Waals surface area contributed by atoms with Gasteiger partial charge in [-0.1, -0.05) is 12.8 Å². The van der Waals surface area contributed by atoms with Crippen molar-refractivity contribution in [2.24, 2.45) is 7.05 Å². The van der Waals surface area contributed by atoms with Crippen molar-refractivity contribution < 1.29 is 9.53 Å². The van der Waals surface area contributed by atoms with Gasteiger partial charge in [0.25, 0.3) is 5.91 Å². The van der Waals surface area contributed by atoms with E-state index >= 15 is 0 Å². The fraction of sp³-hybridized carbons (Fsp3) is 0.588. The minimum atomic E-state index is -0.218. The van der Waals surface area contributed by atoms with E-state index in [1.165, 1.54) is 25.7 Å². The highest BCUT2D eigenvalue weighted by atomic mass is 16.5. The van der Waals surface area contributed by atoms with Gasteiger partial charge in [-0.15, -0.1) is 10.2 Å². The van der Waals surface area contributed by atoms with E-state index in [1.54, 1.807) is 6.33 Å². The van der Waals surface area contributed by atoms with Crippen LogP contribution in [0.1, 0.15) is 54.1 Å². The zero-order valence-corrected chi connectivity index (χ0v) is 14.0. The molecule has 1 atom stereocenters. The van der Waals surface area contributed by atoms with Crippen LogP contribution in [0.4, 0.5) is 0 Å². The second-order valence-corrected chi connectivity index (χ2v) is 6.65. The molecule has 1 aliphatic carbocycles. The number of hydrogen-bond acceptors (Lipinski definition) is 4. The summed E-state index contributed by atoms with van der Waals surface area (Å²) >= 11 is 0. The number of carbonyl (C=O) groups is 1. The third kappa shape index (κ3) is 2.73. The Morgan fingerprint density at radius 1 is 1.33 bits per heavy atom. The van der Waals surface area contributed by atoms with E-state index in [2.05, 4.69) is 14.8 Å². The van der Waals surface area contributed by atoms with Gasteiger partial charge in [0, 0.05) is 25.8 Å². The van der Waals surface area contributed by atoms with Crippen LogP contribution in [-0.4, -0.2) is 49.8 Å². The Morgan fingerprint density at radius 2 is 2.17 bits per heavy atom. The first-order chi connectivity index (χ1) is 11.7. The number of aromatic nitrogens is 4. The molecule has 0 spiro atoms. The molecule has 4 rings (SSSR count). The lowest BCUT2D eigenvalue weighted by Gasteiger charge is -2.32. The Kier molecular flexibility index (Phi) is 4.10. The molecule has 2 aromatic rings. The van der Waals surface area contributed by atoms with Crippen LogP contribution >= 0.6 is 0 Å². The third-order valence-corrected chi connectivity index (χ3v) is 5.10. The molecule has 24 heavy (non-hydrogen) atoms. The Hall–Kier alpha value is -2.15. The molecular weight excluding hydrogens is 306 g/mol.